The van der Waals surface area contributed by atoms with E-state index in [4.69, 9.17) is 14.2 Å². The lowest BCUT2D eigenvalue weighted by molar-refractivity contribution is -0.274. The maximum Gasteiger partial charge on any atom is 0.573 e. The van der Waals surface area contributed by atoms with Crippen LogP contribution in [-0.2, 0) is 23.8 Å². The number of hydrogen-bond donors (Lipinski definition) is 0. The zero-order valence-electron chi connectivity index (χ0n) is 22.2. The minimum atomic E-state index is -4.85. The molecule has 2 rings (SSSR count). The van der Waals surface area contributed by atoms with E-state index in [-0.39, 0.29) is 5.57 Å². The maximum absolute atomic E-state index is 13.7. The number of halogens is 3. The van der Waals surface area contributed by atoms with Gasteiger partial charge >= 0.3 is 18.3 Å². The molecule has 0 aromatic heterocycles. The lowest BCUT2D eigenvalue weighted by Crippen LogP contribution is -2.64. The highest BCUT2D eigenvalue weighted by Gasteiger charge is 2.57. The van der Waals surface area contributed by atoms with E-state index in [1.54, 1.807) is 41.7 Å². The fourth-order valence-electron chi connectivity index (χ4n) is 4.71. The number of carbonyl (C=O) groups is 2. The molecule has 0 aliphatic carbocycles. The largest absolute Gasteiger partial charge is 0.573 e. The molecule has 0 saturated heterocycles. The zero-order valence-corrected chi connectivity index (χ0v) is 22.2. The van der Waals surface area contributed by atoms with Crippen LogP contribution in [0.4, 0.5) is 13.2 Å². The van der Waals surface area contributed by atoms with Gasteiger partial charge in [-0.25, -0.2) is 4.79 Å². The van der Waals surface area contributed by atoms with Gasteiger partial charge in [0.1, 0.15) is 5.75 Å². The lowest BCUT2D eigenvalue weighted by Gasteiger charge is -2.54. The molecule has 0 N–H and O–H groups in total. The van der Waals surface area contributed by atoms with Gasteiger partial charge < -0.3 is 23.8 Å². The average Bonchev–Trinajstić information content (AvgIpc) is 2.74. The number of benzene rings is 1. The summed E-state index contributed by atoms with van der Waals surface area (Å²) < 4.78 is 59.1. The summed E-state index contributed by atoms with van der Waals surface area (Å²) in [7, 11) is 3.29. The first-order chi connectivity index (χ1) is 16.5. The molecule has 0 amide bonds. The second-order valence-corrected chi connectivity index (χ2v) is 9.67. The van der Waals surface area contributed by atoms with Crippen molar-refractivity contribution in [3.05, 3.63) is 41.1 Å². The molecular formula is C26H36F3NO6. The van der Waals surface area contributed by atoms with Crippen LogP contribution in [0.2, 0.25) is 0 Å². The molecule has 36 heavy (non-hydrogen) atoms. The van der Waals surface area contributed by atoms with Gasteiger partial charge in [-0.3, -0.25) is 4.79 Å². The van der Waals surface area contributed by atoms with Gasteiger partial charge in [0.05, 0.1) is 35.3 Å². The van der Waals surface area contributed by atoms with Gasteiger partial charge in [0.2, 0.25) is 0 Å². The quantitative estimate of drug-likeness (QED) is 0.441. The number of methoxy groups -OCH3 is 1. The summed E-state index contributed by atoms with van der Waals surface area (Å²) in [4.78, 5) is 28.9. The van der Waals surface area contributed by atoms with Gasteiger partial charge in [-0.05, 0) is 66.2 Å². The van der Waals surface area contributed by atoms with Crippen molar-refractivity contribution < 1.29 is 41.7 Å². The Kier molecular flexibility index (Phi) is 9.10. The number of ether oxygens (including phenoxy) is 4. The summed E-state index contributed by atoms with van der Waals surface area (Å²) in [6.07, 6.45) is -6.22. The Hall–Kier alpha value is -2.75. The number of alkyl halides is 3. The summed E-state index contributed by atoms with van der Waals surface area (Å²) in [6.45, 7) is 12.3. The van der Waals surface area contributed by atoms with Crippen LogP contribution < -0.4 is 4.74 Å². The summed E-state index contributed by atoms with van der Waals surface area (Å²) in [5.74, 6) is -3.45. The maximum atomic E-state index is 13.7. The van der Waals surface area contributed by atoms with Gasteiger partial charge in [-0.1, -0.05) is 12.1 Å². The van der Waals surface area contributed by atoms with Crippen molar-refractivity contribution >= 4 is 11.9 Å². The third kappa shape index (κ3) is 6.14. The van der Waals surface area contributed by atoms with E-state index >= 15 is 0 Å². The van der Waals surface area contributed by atoms with Crippen molar-refractivity contribution in [2.24, 2.45) is 5.92 Å². The molecule has 0 radical (unpaired) electrons. The molecule has 1 aliphatic heterocycles. The first-order valence-electron chi connectivity index (χ1n) is 11.8. The minimum absolute atomic E-state index is 0.224. The molecule has 202 valence electrons. The number of rotatable bonds is 8. The van der Waals surface area contributed by atoms with Gasteiger partial charge in [0.25, 0.3) is 0 Å². The Morgan fingerprint density at radius 2 is 1.53 bits per heavy atom. The molecule has 0 bridgehead atoms. The van der Waals surface area contributed by atoms with Crippen molar-refractivity contribution in [1.82, 2.24) is 4.90 Å². The number of likely N-dealkylation sites (N-methyl/N-ethyl adjacent to an activating group) is 1. The SMILES string of the molecule is COC(C)C1(C)C(C(=O)OC(C)C)C(c2ccc(OC(F)(F)F)cc2)C(C(=O)OC(C)C)=C(C)N1C. The molecule has 1 heterocycles. The second-order valence-electron chi connectivity index (χ2n) is 9.67. The van der Waals surface area contributed by atoms with E-state index in [9.17, 15) is 22.8 Å². The van der Waals surface area contributed by atoms with Crippen LogP contribution in [-0.4, -0.2) is 61.2 Å². The minimum Gasteiger partial charge on any atom is -0.463 e. The lowest BCUT2D eigenvalue weighted by atomic mass is 9.64. The van der Waals surface area contributed by atoms with Crippen LogP contribution >= 0.6 is 0 Å². The standard InChI is InChI=1S/C26H36F3NO6/c1-14(2)34-23(31)20-16(5)30(8)25(7,17(6)33-9)22(24(32)35-15(3)4)21(20)18-10-12-19(13-11-18)36-26(27,28)29/h10-15,17,21-22H,1-9H3. The predicted octanol–water partition coefficient (Wildman–Crippen LogP) is 5.20. The monoisotopic (exact) mass is 515 g/mol. The Labute approximate surface area is 210 Å². The van der Waals surface area contributed by atoms with E-state index in [1.165, 1.54) is 19.2 Å². The van der Waals surface area contributed by atoms with Crippen LogP contribution in [0.15, 0.2) is 35.5 Å². The van der Waals surface area contributed by atoms with E-state index in [2.05, 4.69) is 4.74 Å². The first kappa shape index (κ1) is 29.5. The molecular weight excluding hydrogens is 479 g/mol. The van der Waals surface area contributed by atoms with Crippen LogP contribution in [0, 0.1) is 5.92 Å². The zero-order chi connectivity index (χ0) is 27.6. The van der Waals surface area contributed by atoms with Crippen molar-refractivity contribution in [1.29, 1.82) is 0 Å². The Morgan fingerprint density at radius 1 is 1.00 bits per heavy atom. The average molecular weight is 516 g/mol. The molecule has 1 aliphatic rings. The second kappa shape index (κ2) is 11.1. The molecule has 0 spiro atoms. The topological polar surface area (TPSA) is 74.3 Å². The molecule has 10 heteroatoms. The van der Waals surface area contributed by atoms with Crippen LogP contribution in [0.5, 0.6) is 5.75 Å². The van der Waals surface area contributed by atoms with Gasteiger partial charge in [0.15, 0.2) is 0 Å². The van der Waals surface area contributed by atoms with Gasteiger partial charge in [-0.2, -0.15) is 0 Å². The van der Waals surface area contributed by atoms with Crippen molar-refractivity contribution in [2.75, 3.05) is 14.2 Å². The van der Waals surface area contributed by atoms with Crippen molar-refractivity contribution in [2.45, 2.75) is 84.6 Å². The normalized spacial score (nSPS) is 23.7. The smallest absolute Gasteiger partial charge is 0.463 e. The highest BCUT2D eigenvalue weighted by atomic mass is 19.4. The van der Waals surface area contributed by atoms with Crippen LogP contribution in [0.3, 0.4) is 0 Å². The molecule has 1 aromatic carbocycles. The molecule has 1 aromatic rings. The van der Waals surface area contributed by atoms with E-state index in [0.717, 1.165) is 12.1 Å². The number of allylic oxidation sites excluding steroid dienone is 1. The fraction of sp³-hybridized carbons (Fsp3) is 0.615. The van der Waals surface area contributed by atoms with Crippen LogP contribution in [0.1, 0.15) is 59.9 Å². The van der Waals surface area contributed by atoms with E-state index < -0.39 is 59.7 Å². The fourth-order valence-corrected chi connectivity index (χ4v) is 4.71. The summed E-state index contributed by atoms with van der Waals surface area (Å²) in [5, 5.41) is 0. The summed E-state index contributed by atoms with van der Waals surface area (Å²) in [5.41, 5.74) is 0.231. The Morgan fingerprint density at radius 3 is 1.97 bits per heavy atom. The number of esters is 2. The Balaban J connectivity index is 2.82. The number of nitrogens with zero attached hydrogens (tertiary/aromatic N) is 1. The van der Waals surface area contributed by atoms with E-state index in [0.29, 0.717) is 11.3 Å². The van der Waals surface area contributed by atoms with Crippen molar-refractivity contribution in [3.8, 4) is 5.75 Å². The molecule has 0 saturated carbocycles. The molecule has 4 atom stereocenters. The van der Waals surface area contributed by atoms with E-state index in [1.807, 2.05) is 18.7 Å². The third-order valence-corrected chi connectivity index (χ3v) is 6.71. The predicted molar refractivity (Wildman–Crippen MR) is 127 cm³/mol. The third-order valence-electron chi connectivity index (χ3n) is 6.71. The Bertz CT molecular complexity index is 973. The highest BCUT2D eigenvalue weighted by Crippen LogP contribution is 2.50. The summed E-state index contributed by atoms with van der Waals surface area (Å²) >= 11 is 0. The number of carbonyl (C=O) groups excluding carboxylic acids is 2. The number of hydrogen-bond acceptors (Lipinski definition) is 7. The van der Waals surface area contributed by atoms with Gasteiger partial charge in [0, 0.05) is 25.8 Å². The highest BCUT2D eigenvalue weighted by molar-refractivity contribution is 5.94. The first-order valence-corrected chi connectivity index (χ1v) is 11.8. The molecule has 7 nitrogen and oxygen atoms in total. The van der Waals surface area contributed by atoms with Gasteiger partial charge in [-0.15, -0.1) is 13.2 Å². The summed E-state index contributed by atoms with van der Waals surface area (Å²) in [6, 6.07) is 5.15. The molecule has 0 fully saturated rings. The van der Waals surface area contributed by atoms with Crippen LogP contribution in [0.25, 0.3) is 0 Å². The van der Waals surface area contributed by atoms with Crippen molar-refractivity contribution in [3.63, 3.8) is 0 Å². The molecule has 4 unspecified atom stereocenters.